The SMILES string of the molecule is CCOc1nc(C)nc2c1CC(C#N)(c1ccc(OC)c3oc4ccccc4c13)CC2. The summed E-state index contributed by atoms with van der Waals surface area (Å²) in [7, 11) is 1.63. The Morgan fingerprint density at radius 3 is 2.81 bits per heavy atom. The van der Waals surface area contributed by atoms with Crippen LogP contribution in [0.2, 0.25) is 0 Å². The van der Waals surface area contributed by atoms with Gasteiger partial charge >= 0.3 is 0 Å². The van der Waals surface area contributed by atoms with Crippen LogP contribution in [0, 0.1) is 18.3 Å². The van der Waals surface area contributed by atoms with E-state index >= 15 is 0 Å². The maximum Gasteiger partial charge on any atom is 0.220 e. The molecule has 0 N–H and O–H groups in total. The molecule has 0 saturated carbocycles. The van der Waals surface area contributed by atoms with E-state index < -0.39 is 5.41 Å². The molecule has 1 aliphatic carbocycles. The minimum atomic E-state index is -0.741. The maximum atomic E-state index is 10.5. The number of aromatic nitrogens is 2. The molecule has 1 atom stereocenters. The summed E-state index contributed by atoms with van der Waals surface area (Å²) in [5.74, 6) is 1.94. The summed E-state index contributed by atoms with van der Waals surface area (Å²) in [5, 5.41) is 12.4. The van der Waals surface area contributed by atoms with Crippen molar-refractivity contribution in [3.8, 4) is 17.7 Å². The summed E-state index contributed by atoms with van der Waals surface area (Å²) in [5.41, 5.74) is 3.56. The molecular formula is C25H23N3O3. The first-order chi connectivity index (χ1) is 15.1. The number of para-hydroxylation sites is 1. The van der Waals surface area contributed by atoms with Gasteiger partial charge in [-0.15, -0.1) is 0 Å². The number of rotatable bonds is 4. The molecule has 2 heterocycles. The highest BCUT2D eigenvalue weighted by atomic mass is 16.5. The summed E-state index contributed by atoms with van der Waals surface area (Å²) < 4.78 is 17.6. The second kappa shape index (κ2) is 7.28. The Hall–Kier alpha value is -3.59. The number of nitriles is 1. The third-order valence-corrected chi connectivity index (χ3v) is 6.15. The highest BCUT2D eigenvalue weighted by Crippen LogP contribution is 2.46. The fourth-order valence-electron chi connectivity index (χ4n) is 4.74. The number of furan rings is 1. The number of hydrogen-bond donors (Lipinski definition) is 0. The van der Waals surface area contributed by atoms with E-state index in [1.165, 1.54) is 0 Å². The van der Waals surface area contributed by atoms with Gasteiger partial charge in [0.15, 0.2) is 11.3 Å². The van der Waals surface area contributed by atoms with Crippen molar-refractivity contribution in [3.63, 3.8) is 0 Å². The molecule has 1 unspecified atom stereocenters. The van der Waals surface area contributed by atoms with Gasteiger partial charge in [-0.05, 0) is 44.4 Å². The summed E-state index contributed by atoms with van der Waals surface area (Å²) >= 11 is 0. The highest BCUT2D eigenvalue weighted by Gasteiger charge is 2.41. The molecule has 0 aliphatic heterocycles. The standard InChI is InChI=1S/C25H23N3O3/c1-4-30-24-17-13-25(14-26,12-11-19(17)27-15(2)28-24)18-9-10-21(29-3)23-22(18)16-7-5-6-8-20(16)31-23/h5-10H,4,11-13H2,1-3H3. The van der Waals surface area contributed by atoms with Crippen molar-refractivity contribution < 1.29 is 13.9 Å². The number of methoxy groups -OCH3 is 1. The predicted octanol–water partition coefficient (Wildman–Crippen LogP) is 5.04. The van der Waals surface area contributed by atoms with Gasteiger partial charge in [-0.25, -0.2) is 4.98 Å². The molecule has 0 saturated heterocycles. The van der Waals surface area contributed by atoms with Gasteiger partial charge in [0.05, 0.1) is 30.9 Å². The van der Waals surface area contributed by atoms with Crippen molar-refractivity contribution in [1.82, 2.24) is 9.97 Å². The van der Waals surface area contributed by atoms with E-state index in [2.05, 4.69) is 16.0 Å². The Labute approximate surface area is 180 Å². The second-order valence-electron chi connectivity index (χ2n) is 7.92. The van der Waals surface area contributed by atoms with Crippen LogP contribution in [0.15, 0.2) is 40.8 Å². The first kappa shape index (κ1) is 19.4. The van der Waals surface area contributed by atoms with Crippen molar-refractivity contribution in [1.29, 1.82) is 5.26 Å². The van der Waals surface area contributed by atoms with Gasteiger partial charge in [-0.3, -0.25) is 0 Å². The van der Waals surface area contributed by atoms with Gasteiger partial charge in [-0.2, -0.15) is 10.2 Å². The number of nitrogens with zero attached hydrogens (tertiary/aromatic N) is 3. The number of fused-ring (bicyclic) bond motifs is 4. The molecule has 6 nitrogen and oxygen atoms in total. The molecule has 0 fully saturated rings. The lowest BCUT2D eigenvalue weighted by molar-refractivity contribution is 0.313. The number of ether oxygens (including phenoxy) is 2. The van der Waals surface area contributed by atoms with Crippen LogP contribution in [0.5, 0.6) is 11.6 Å². The number of hydrogen-bond acceptors (Lipinski definition) is 6. The van der Waals surface area contributed by atoms with Crippen LogP contribution in [0.1, 0.15) is 36.0 Å². The van der Waals surface area contributed by atoms with Crippen molar-refractivity contribution in [2.75, 3.05) is 13.7 Å². The first-order valence-electron chi connectivity index (χ1n) is 10.5. The molecule has 0 amide bonds. The second-order valence-corrected chi connectivity index (χ2v) is 7.92. The fourth-order valence-corrected chi connectivity index (χ4v) is 4.74. The summed E-state index contributed by atoms with van der Waals surface area (Å²) in [6.07, 6.45) is 1.85. The Kier molecular flexibility index (Phi) is 4.55. The molecule has 0 bridgehead atoms. The number of benzene rings is 2. The van der Waals surface area contributed by atoms with Crippen LogP contribution in [0.4, 0.5) is 0 Å². The van der Waals surface area contributed by atoms with E-state index in [4.69, 9.17) is 13.9 Å². The zero-order valence-electron chi connectivity index (χ0n) is 17.9. The predicted molar refractivity (Wildman–Crippen MR) is 118 cm³/mol. The largest absolute Gasteiger partial charge is 0.493 e. The normalized spacial score (nSPS) is 18.0. The van der Waals surface area contributed by atoms with E-state index in [0.717, 1.165) is 33.2 Å². The molecular weight excluding hydrogens is 390 g/mol. The van der Waals surface area contributed by atoms with Gasteiger partial charge in [0.1, 0.15) is 11.4 Å². The van der Waals surface area contributed by atoms with Crippen LogP contribution >= 0.6 is 0 Å². The van der Waals surface area contributed by atoms with Gasteiger partial charge in [0, 0.05) is 22.8 Å². The Bertz CT molecular complexity index is 1350. The fraction of sp³-hybridized carbons (Fsp3) is 0.320. The van der Waals surface area contributed by atoms with Crippen molar-refractivity contribution in [2.24, 2.45) is 0 Å². The molecule has 6 heteroatoms. The molecule has 2 aromatic heterocycles. The Morgan fingerprint density at radius 1 is 1.19 bits per heavy atom. The average Bonchev–Trinajstić information content (AvgIpc) is 3.18. The van der Waals surface area contributed by atoms with E-state index in [-0.39, 0.29) is 0 Å². The van der Waals surface area contributed by atoms with Crippen molar-refractivity contribution in [3.05, 3.63) is 59.0 Å². The van der Waals surface area contributed by atoms with E-state index in [0.29, 0.717) is 48.9 Å². The summed E-state index contributed by atoms with van der Waals surface area (Å²) in [4.78, 5) is 9.16. The van der Waals surface area contributed by atoms with Crippen molar-refractivity contribution in [2.45, 2.75) is 38.5 Å². The quantitative estimate of drug-likeness (QED) is 0.466. The zero-order valence-corrected chi connectivity index (χ0v) is 17.9. The lowest BCUT2D eigenvalue weighted by Crippen LogP contribution is -2.33. The van der Waals surface area contributed by atoms with Gasteiger partial charge in [0.25, 0.3) is 0 Å². The van der Waals surface area contributed by atoms with Gasteiger partial charge in [0.2, 0.25) is 5.88 Å². The minimum absolute atomic E-state index is 0.495. The molecule has 4 aromatic rings. The van der Waals surface area contributed by atoms with Crippen LogP contribution in [-0.4, -0.2) is 23.7 Å². The molecule has 156 valence electrons. The van der Waals surface area contributed by atoms with Crippen LogP contribution in [0.25, 0.3) is 21.9 Å². The monoisotopic (exact) mass is 413 g/mol. The van der Waals surface area contributed by atoms with Crippen LogP contribution < -0.4 is 9.47 Å². The molecule has 1 aliphatic rings. The smallest absolute Gasteiger partial charge is 0.220 e. The summed E-state index contributed by atoms with van der Waals surface area (Å²) in [6, 6.07) is 14.5. The topological polar surface area (TPSA) is 81.2 Å². The lowest BCUT2D eigenvalue weighted by atomic mass is 9.68. The molecule has 31 heavy (non-hydrogen) atoms. The minimum Gasteiger partial charge on any atom is -0.493 e. The zero-order chi connectivity index (χ0) is 21.6. The van der Waals surface area contributed by atoms with Gasteiger partial charge in [-0.1, -0.05) is 24.3 Å². The Balaban J connectivity index is 1.76. The van der Waals surface area contributed by atoms with Crippen molar-refractivity contribution >= 4 is 21.9 Å². The maximum absolute atomic E-state index is 10.5. The number of aryl methyl sites for hydroxylation is 2. The third-order valence-electron chi connectivity index (χ3n) is 6.15. The van der Waals surface area contributed by atoms with E-state index in [1.807, 2.05) is 50.2 Å². The molecule has 5 rings (SSSR count). The average molecular weight is 413 g/mol. The first-order valence-corrected chi connectivity index (χ1v) is 10.5. The van der Waals surface area contributed by atoms with Crippen LogP contribution in [-0.2, 0) is 18.3 Å². The lowest BCUT2D eigenvalue weighted by Gasteiger charge is -2.33. The summed E-state index contributed by atoms with van der Waals surface area (Å²) in [6.45, 7) is 4.33. The van der Waals surface area contributed by atoms with E-state index in [1.54, 1.807) is 7.11 Å². The van der Waals surface area contributed by atoms with Gasteiger partial charge < -0.3 is 13.9 Å². The molecule has 2 aromatic carbocycles. The Morgan fingerprint density at radius 2 is 2.03 bits per heavy atom. The van der Waals surface area contributed by atoms with Crippen LogP contribution in [0.3, 0.4) is 0 Å². The molecule has 0 spiro atoms. The molecule has 0 radical (unpaired) electrons. The highest BCUT2D eigenvalue weighted by molar-refractivity contribution is 6.09. The van der Waals surface area contributed by atoms with E-state index in [9.17, 15) is 5.26 Å². The third kappa shape index (κ3) is 2.92.